The molecule has 1 aromatic heterocycles. The van der Waals surface area contributed by atoms with Crippen LogP contribution in [-0.2, 0) is 0 Å². The number of fused-ring (bicyclic) bond motifs is 1. The molecule has 0 fully saturated rings. The van der Waals surface area contributed by atoms with Crippen molar-refractivity contribution in [1.82, 2.24) is 0 Å². The molecule has 0 aliphatic rings. The van der Waals surface area contributed by atoms with E-state index in [0.29, 0.717) is 0 Å². The lowest BCUT2D eigenvalue weighted by Gasteiger charge is -2.24. The van der Waals surface area contributed by atoms with Gasteiger partial charge in [-0.15, -0.1) is 0 Å². The maximum Gasteiger partial charge on any atom is 0.140 e. The second-order valence-electron chi connectivity index (χ2n) is 5.14. The third-order valence-electron chi connectivity index (χ3n) is 3.74. The number of hydrogen-bond donors (Lipinski definition) is 1. The van der Waals surface area contributed by atoms with Crippen molar-refractivity contribution in [3.8, 4) is 5.75 Å². The summed E-state index contributed by atoms with van der Waals surface area (Å²) < 4.78 is 6.31. The molecule has 2 atom stereocenters. The molecule has 2 N–H and O–H groups in total. The number of hydrogen-bond acceptors (Lipinski definition) is 3. The zero-order valence-corrected chi connectivity index (χ0v) is 12.8. The van der Waals surface area contributed by atoms with Crippen LogP contribution in [0.3, 0.4) is 0 Å². The molecule has 2 aromatic carbocycles. The van der Waals surface area contributed by atoms with Crippen LogP contribution in [0.1, 0.15) is 25.0 Å². The summed E-state index contributed by atoms with van der Waals surface area (Å²) in [5.74, 6) is 0.896. The van der Waals surface area contributed by atoms with Gasteiger partial charge in [-0.3, -0.25) is 0 Å². The maximum absolute atomic E-state index is 6.31. The van der Waals surface area contributed by atoms with E-state index in [-0.39, 0.29) is 12.1 Å². The Balaban J connectivity index is 1.98. The van der Waals surface area contributed by atoms with E-state index in [1.54, 1.807) is 11.3 Å². The van der Waals surface area contributed by atoms with Crippen LogP contribution in [0, 0.1) is 0 Å². The Labute approximate surface area is 129 Å². The van der Waals surface area contributed by atoms with E-state index in [1.807, 2.05) is 24.3 Å². The molecule has 21 heavy (non-hydrogen) atoms. The van der Waals surface area contributed by atoms with Crippen molar-refractivity contribution in [1.29, 1.82) is 0 Å². The van der Waals surface area contributed by atoms with Crippen LogP contribution in [0.5, 0.6) is 5.75 Å². The van der Waals surface area contributed by atoms with Gasteiger partial charge in [0.25, 0.3) is 0 Å². The van der Waals surface area contributed by atoms with Gasteiger partial charge < -0.3 is 10.5 Å². The number of rotatable bonds is 5. The average molecular weight is 297 g/mol. The first kappa shape index (κ1) is 14.1. The highest BCUT2D eigenvalue weighted by Gasteiger charge is 2.21. The lowest BCUT2D eigenvalue weighted by atomic mass is 10.0. The minimum Gasteiger partial charge on any atom is -0.483 e. The van der Waals surface area contributed by atoms with Crippen LogP contribution in [-0.4, -0.2) is 6.04 Å². The molecule has 2 nitrogen and oxygen atoms in total. The van der Waals surface area contributed by atoms with E-state index < -0.39 is 0 Å². The summed E-state index contributed by atoms with van der Waals surface area (Å²) >= 11 is 1.67. The van der Waals surface area contributed by atoms with Gasteiger partial charge in [-0.25, -0.2) is 0 Å². The number of ether oxygens (including phenoxy) is 1. The van der Waals surface area contributed by atoms with Gasteiger partial charge in [0.15, 0.2) is 0 Å². The molecule has 0 saturated carbocycles. The normalized spacial score (nSPS) is 14.0. The average Bonchev–Trinajstić information content (AvgIpc) is 3.06. The number of thiophene rings is 1. The van der Waals surface area contributed by atoms with Gasteiger partial charge >= 0.3 is 0 Å². The summed E-state index contributed by atoms with van der Waals surface area (Å²) in [6.45, 7) is 2.09. The molecule has 0 aliphatic heterocycles. The van der Waals surface area contributed by atoms with E-state index in [0.717, 1.165) is 23.1 Å². The predicted molar refractivity (Wildman–Crippen MR) is 89.9 cm³/mol. The first-order chi connectivity index (χ1) is 10.3. The van der Waals surface area contributed by atoms with Gasteiger partial charge in [0.2, 0.25) is 0 Å². The van der Waals surface area contributed by atoms with Crippen molar-refractivity contribution < 1.29 is 4.74 Å². The number of nitrogens with two attached hydrogens (primary N) is 1. The molecule has 3 aromatic rings. The summed E-state index contributed by atoms with van der Waals surface area (Å²) in [6.07, 6.45) is 0.776. The maximum atomic E-state index is 6.31. The predicted octanol–water partition coefficient (Wildman–Crippen LogP) is 4.76. The molecule has 0 aliphatic carbocycles. The van der Waals surface area contributed by atoms with E-state index in [4.69, 9.17) is 10.5 Å². The third kappa shape index (κ3) is 2.94. The second-order valence-corrected chi connectivity index (χ2v) is 5.92. The van der Waals surface area contributed by atoms with Crippen LogP contribution < -0.4 is 10.5 Å². The molecule has 0 saturated heterocycles. The number of benzene rings is 2. The SMILES string of the molecule is CCC(N)C(Oc1cccc2ccccc12)c1ccsc1. The largest absolute Gasteiger partial charge is 0.483 e. The Kier molecular flexibility index (Phi) is 4.23. The highest BCUT2D eigenvalue weighted by Crippen LogP contribution is 2.32. The fourth-order valence-electron chi connectivity index (χ4n) is 2.49. The first-order valence-corrected chi connectivity index (χ1v) is 8.16. The Morgan fingerprint density at radius 1 is 1.10 bits per heavy atom. The van der Waals surface area contributed by atoms with E-state index >= 15 is 0 Å². The first-order valence-electron chi connectivity index (χ1n) is 7.21. The van der Waals surface area contributed by atoms with E-state index in [2.05, 4.69) is 41.9 Å². The van der Waals surface area contributed by atoms with Crippen molar-refractivity contribution in [3.63, 3.8) is 0 Å². The molecule has 1 heterocycles. The van der Waals surface area contributed by atoms with Crippen molar-refractivity contribution in [2.24, 2.45) is 5.73 Å². The minimum atomic E-state index is -0.105. The van der Waals surface area contributed by atoms with E-state index in [1.165, 1.54) is 5.39 Å². The van der Waals surface area contributed by atoms with Crippen molar-refractivity contribution in [2.45, 2.75) is 25.5 Å². The Hall–Kier alpha value is -1.84. The molecule has 0 bridgehead atoms. The highest BCUT2D eigenvalue weighted by molar-refractivity contribution is 7.07. The molecular weight excluding hydrogens is 278 g/mol. The molecule has 0 spiro atoms. The Morgan fingerprint density at radius 2 is 1.90 bits per heavy atom. The molecule has 108 valence electrons. The van der Waals surface area contributed by atoms with Crippen LogP contribution in [0.4, 0.5) is 0 Å². The Bertz CT molecular complexity index is 703. The molecule has 3 rings (SSSR count). The second kappa shape index (κ2) is 6.29. The van der Waals surface area contributed by atoms with Crippen molar-refractivity contribution in [2.75, 3.05) is 0 Å². The molecule has 0 amide bonds. The van der Waals surface area contributed by atoms with Crippen LogP contribution >= 0.6 is 11.3 Å². The lowest BCUT2D eigenvalue weighted by molar-refractivity contribution is 0.174. The van der Waals surface area contributed by atoms with Gasteiger partial charge in [0, 0.05) is 17.0 Å². The fraction of sp³-hybridized carbons (Fsp3) is 0.222. The standard InChI is InChI=1S/C18H19NOS/c1-2-16(19)18(14-10-11-21-12-14)20-17-9-5-7-13-6-3-4-8-15(13)17/h3-12,16,18H,2,19H2,1H3. The molecular formula is C18H19NOS. The van der Waals surface area contributed by atoms with Gasteiger partial charge in [0.1, 0.15) is 11.9 Å². The highest BCUT2D eigenvalue weighted by atomic mass is 32.1. The summed E-state index contributed by atoms with van der Waals surface area (Å²) in [6, 6.07) is 16.5. The molecule has 3 heteroatoms. The summed E-state index contributed by atoms with van der Waals surface area (Å²) in [5.41, 5.74) is 7.43. The summed E-state index contributed by atoms with van der Waals surface area (Å²) in [4.78, 5) is 0. The van der Waals surface area contributed by atoms with Crippen LogP contribution in [0.15, 0.2) is 59.3 Å². The molecule has 0 radical (unpaired) electrons. The van der Waals surface area contributed by atoms with Crippen molar-refractivity contribution >= 4 is 22.1 Å². The van der Waals surface area contributed by atoms with Gasteiger partial charge in [0.05, 0.1) is 0 Å². The zero-order chi connectivity index (χ0) is 14.7. The zero-order valence-electron chi connectivity index (χ0n) is 12.0. The van der Waals surface area contributed by atoms with Crippen LogP contribution in [0.25, 0.3) is 10.8 Å². The fourth-order valence-corrected chi connectivity index (χ4v) is 3.17. The van der Waals surface area contributed by atoms with Crippen molar-refractivity contribution in [3.05, 3.63) is 64.9 Å². The molecule has 2 unspecified atom stereocenters. The van der Waals surface area contributed by atoms with Gasteiger partial charge in [-0.2, -0.15) is 11.3 Å². The van der Waals surface area contributed by atoms with E-state index in [9.17, 15) is 0 Å². The van der Waals surface area contributed by atoms with Gasteiger partial charge in [-0.1, -0.05) is 43.3 Å². The Morgan fingerprint density at radius 3 is 2.67 bits per heavy atom. The summed E-state index contributed by atoms with van der Waals surface area (Å²) in [5, 5.41) is 6.50. The third-order valence-corrected chi connectivity index (χ3v) is 4.44. The smallest absolute Gasteiger partial charge is 0.140 e. The summed E-state index contributed by atoms with van der Waals surface area (Å²) in [7, 11) is 0. The quantitative estimate of drug-likeness (QED) is 0.737. The van der Waals surface area contributed by atoms with Gasteiger partial charge in [-0.05, 0) is 34.7 Å². The minimum absolute atomic E-state index is 0.0152. The lowest BCUT2D eigenvalue weighted by Crippen LogP contribution is -2.31. The monoisotopic (exact) mass is 297 g/mol. The van der Waals surface area contributed by atoms with Crippen LogP contribution in [0.2, 0.25) is 0 Å². The topological polar surface area (TPSA) is 35.2 Å².